The first-order chi connectivity index (χ1) is 8.74. The molecule has 0 bridgehead atoms. The van der Waals surface area contributed by atoms with E-state index in [1.807, 2.05) is 0 Å². The van der Waals surface area contributed by atoms with Gasteiger partial charge in [-0.2, -0.15) is 0 Å². The molecule has 0 fully saturated rings. The number of hydrogen-bond donors (Lipinski definition) is 0. The van der Waals surface area contributed by atoms with E-state index in [1.165, 1.54) is 87.4 Å². The average Bonchev–Trinajstić information content (AvgIpc) is 2.40. The van der Waals surface area contributed by atoms with Crippen molar-refractivity contribution in [2.45, 2.75) is 72.1 Å². The first-order valence-electron chi connectivity index (χ1n) is 8.15. The van der Waals surface area contributed by atoms with Crippen molar-refractivity contribution < 1.29 is 28.5 Å². The number of rotatable bonds is 13. The minimum Gasteiger partial charge on any atom is -1.00 e. The van der Waals surface area contributed by atoms with Gasteiger partial charge in [-0.05, 0) is 32.1 Å². The molecule has 0 aliphatic carbocycles. The van der Waals surface area contributed by atoms with Crippen molar-refractivity contribution in [2.24, 2.45) is 0 Å². The van der Waals surface area contributed by atoms with Crippen LogP contribution in [0.3, 0.4) is 0 Å². The van der Waals surface area contributed by atoms with Crippen LogP contribution in [-0.2, 0) is 0 Å². The molecule has 0 radical (unpaired) electrons. The summed E-state index contributed by atoms with van der Waals surface area (Å²) in [5, 5.41) is 1.17. The molecule has 0 heterocycles. The van der Waals surface area contributed by atoms with Crippen LogP contribution in [0.25, 0.3) is 0 Å². The van der Waals surface area contributed by atoms with Crippen molar-refractivity contribution in [2.75, 3.05) is 31.5 Å². The number of halogens is 2. The van der Waals surface area contributed by atoms with Gasteiger partial charge in [0.2, 0.25) is 0 Å². The fourth-order valence-corrected chi connectivity index (χ4v) is 3.09. The van der Waals surface area contributed by atoms with Gasteiger partial charge >= 0.3 is 0 Å². The molecule has 0 unspecified atom stereocenters. The molecule has 0 aromatic heterocycles. The number of nitrogens with zero attached hydrogens (tertiary/aromatic N) is 1. The number of alkyl halides is 1. The van der Waals surface area contributed by atoms with E-state index in [0.717, 1.165) is 0 Å². The maximum Gasteiger partial charge on any atom is 0.0786 e. The number of hydrogen-bond acceptors (Lipinski definition) is 0. The van der Waals surface area contributed by atoms with Crippen molar-refractivity contribution in [1.29, 1.82) is 0 Å². The Kier molecular flexibility index (Phi) is 18.4. The van der Waals surface area contributed by atoms with Crippen LogP contribution in [-0.4, -0.2) is 36.0 Å². The first kappa shape index (κ1) is 22.5. The lowest BCUT2D eigenvalue weighted by molar-refractivity contribution is -0.929. The van der Waals surface area contributed by atoms with Crippen LogP contribution >= 0.6 is 15.9 Å². The Balaban J connectivity index is 0. The molecule has 1 nitrogen and oxygen atoms in total. The third-order valence-electron chi connectivity index (χ3n) is 3.97. The Hall–Kier alpha value is 1.17. The molecule has 0 aromatic carbocycles. The van der Waals surface area contributed by atoms with Gasteiger partial charge in [0.25, 0.3) is 0 Å². The predicted molar refractivity (Wildman–Crippen MR) is 87.5 cm³/mol. The van der Waals surface area contributed by atoms with Gasteiger partial charge < -0.3 is 28.5 Å². The molecule has 0 spiro atoms. The second-order valence-electron chi connectivity index (χ2n) is 5.69. The van der Waals surface area contributed by atoms with Crippen molar-refractivity contribution in [3.05, 3.63) is 0 Å². The maximum absolute atomic E-state index is 3.57. The second-order valence-corrected chi connectivity index (χ2v) is 6.49. The van der Waals surface area contributed by atoms with E-state index in [2.05, 4.69) is 36.7 Å². The summed E-state index contributed by atoms with van der Waals surface area (Å²) in [5.41, 5.74) is 0. The van der Waals surface area contributed by atoms with E-state index in [4.69, 9.17) is 0 Å². The molecule has 0 aliphatic rings. The van der Waals surface area contributed by atoms with Gasteiger partial charge in [-0.1, -0.05) is 56.0 Å². The fraction of sp³-hybridized carbons (Fsp3) is 1.00. The lowest BCUT2D eigenvalue weighted by Crippen LogP contribution is -3.00. The van der Waals surface area contributed by atoms with Gasteiger partial charge in [-0.25, -0.2) is 0 Å². The largest absolute Gasteiger partial charge is 1.00 e. The van der Waals surface area contributed by atoms with E-state index in [9.17, 15) is 0 Å². The highest BCUT2D eigenvalue weighted by Crippen LogP contribution is 2.16. The van der Waals surface area contributed by atoms with Crippen LogP contribution < -0.4 is 24.0 Å². The molecule has 0 rings (SSSR count). The second kappa shape index (κ2) is 15.6. The molecule has 0 saturated heterocycles. The Morgan fingerprint density at radius 3 is 1.32 bits per heavy atom. The summed E-state index contributed by atoms with van der Waals surface area (Å²) in [4.78, 5) is 0. The predicted octanol–water partition coefficient (Wildman–Crippen LogP) is 2.38. The van der Waals surface area contributed by atoms with Gasteiger partial charge in [0.1, 0.15) is 0 Å². The molecule has 0 atom stereocenters. The zero-order valence-corrected chi connectivity index (χ0v) is 17.1. The lowest BCUT2D eigenvalue weighted by atomic mass is 10.1. The Morgan fingerprint density at radius 2 is 1.00 bits per heavy atom. The quantitative estimate of drug-likeness (QED) is 0.176. The van der Waals surface area contributed by atoms with Crippen LogP contribution in [0, 0.1) is 0 Å². The number of unbranched alkanes of at least 4 members (excludes halogenated alkanes) is 4. The molecular weight excluding hydrogens is 413 g/mol. The number of quaternary nitrogens is 1. The average molecular weight is 448 g/mol. The Morgan fingerprint density at radius 1 is 0.632 bits per heavy atom. The van der Waals surface area contributed by atoms with Crippen LogP contribution in [0.5, 0.6) is 0 Å². The van der Waals surface area contributed by atoms with E-state index < -0.39 is 0 Å². The zero-order chi connectivity index (χ0) is 13.7. The SMILES string of the molecule is CCCC[N+](CCCC)(CCCC)CCCCBr.[I-]. The summed E-state index contributed by atoms with van der Waals surface area (Å²) >= 11 is 3.57. The molecule has 0 aromatic rings. The van der Waals surface area contributed by atoms with E-state index in [-0.39, 0.29) is 24.0 Å². The van der Waals surface area contributed by atoms with Gasteiger partial charge in [-0.15, -0.1) is 0 Å². The third kappa shape index (κ3) is 11.5. The normalized spacial score (nSPS) is 11.4. The van der Waals surface area contributed by atoms with Crippen molar-refractivity contribution in [3.63, 3.8) is 0 Å². The minimum absolute atomic E-state index is 0. The highest BCUT2D eigenvalue weighted by molar-refractivity contribution is 9.09. The third-order valence-corrected chi connectivity index (χ3v) is 4.53. The van der Waals surface area contributed by atoms with Crippen LogP contribution in [0.1, 0.15) is 72.1 Å². The van der Waals surface area contributed by atoms with Crippen molar-refractivity contribution >= 4 is 15.9 Å². The molecule has 0 amide bonds. The van der Waals surface area contributed by atoms with Gasteiger partial charge in [-0.3, -0.25) is 0 Å². The topological polar surface area (TPSA) is 0 Å². The van der Waals surface area contributed by atoms with E-state index in [0.29, 0.717) is 0 Å². The molecule has 118 valence electrons. The smallest absolute Gasteiger partial charge is 0.0786 e. The summed E-state index contributed by atoms with van der Waals surface area (Å²) in [7, 11) is 0. The van der Waals surface area contributed by atoms with Crippen molar-refractivity contribution in [1.82, 2.24) is 0 Å². The maximum atomic E-state index is 3.57. The van der Waals surface area contributed by atoms with Gasteiger partial charge in [0.05, 0.1) is 26.2 Å². The molecule has 3 heteroatoms. The van der Waals surface area contributed by atoms with Crippen LogP contribution in [0.4, 0.5) is 0 Å². The highest BCUT2D eigenvalue weighted by atomic mass is 127. The minimum atomic E-state index is 0. The monoisotopic (exact) mass is 447 g/mol. The summed E-state index contributed by atoms with van der Waals surface area (Å²) in [6.07, 6.45) is 11.0. The van der Waals surface area contributed by atoms with E-state index in [1.54, 1.807) is 0 Å². The molecule has 19 heavy (non-hydrogen) atoms. The van der Waals surface area contributed by atoms with Gasteiger partial charge in [0.15, 0.2) is 0 Å². The standard InChI is InChI=1S/C16H35BrN.HI/c1-4-7-13-18(14-8-5-2,15-9-6-3)16-11-10-12-17;/h4-16H2,1-3H3;1H/q+1;/p-1. The highest BCUT2D eigenvalue weighted by Gasteiger charge is 2.24. The fourth-order valence-electron chi connectivity index (χ4n) is 2.69. The summed E-state index contributed by atoms with van der Waals surface area (Å²) in [6, 6.07) is 0. The summed E-state index contributed by atoms with van der Waals surface area (Å²) in [6.45, 7) is 12.6. The zero-order valence-electron chi connectivity index (χ0n) is 13.4. The molecule has 0 saturated carbocycles. The van der Waals surface area contributed by atoms with Crippen LogP contribution in [0.15, 0.2) is 0 Å². The van der Waals surface area contributed by atoms with Crippen molar-refractivity contribution in [3.8, 4) is 0 Å². The lowest BCUT2D eigenvalue weighted by Gasteiger charge is -2.39. The summed E-state index contributed by atoms with van der Waals surface area (Å²) < 4.78 is 1.41. The molecule has 0 N–H and O–H groups in total. The first-order valence-corrected chi connectivity index (χ1v) is 9.27. The van der Waals surface area contributed by atoms with Gasteiger partial charge in [0, 0.05) is 5.33 Å². The molecule has 0 aliphatic heterocycles. The Bertz CT molecular complexity index is 154. The van der Waals surface area contributed by atoms with Crippen LogP contribution in [0.2, 0.25) is 0 Å². The molecular formula is C16H35BrIN. The van der Waals surface area contributed by atoms with E-state index >= 15 is 0 Å². The Labute approximate surface area is 147 Å². The summed E-state index contributed by atoms with van der Waals surface area (Å²) in [5.74, 6) is 0.